The van der Waals surface area contributed by atoms with Gasteiger partial charge in [0.05, 0.1) is 0 Å². The molecule has 0 aliphatic rings. The molecule has 0 bridgehead atoms. The topological polar surface area (TPSA) is 101 Å². The molecular formula is C19H20N4O3S3. The molecule has 0 aliphatic heterocycles. The Bertz CT molecular complexity index is 1070. The van der Waals surface area contributed by atoms with Crippen LogP contribution in [0.25, 0.3) is 0 Å². The average Bonchev–Trinajstić information content (AvgIpc) is 3.17. The highest BCUT2D eigenvalue weighted by atomic mass is 32.2. The van der Waals surface area contributed by atoms with Crippen molar-refractivity contribution in [2.75, 3.05) is 10.0 Å². The number of amides is 1. The molecule has 0 spiro atoms. The zero-order valence-corrected chi connectivity index (χ0v) is 18.3. The van der Waals surface area contributed by atoms with Crippen molar-refractivity contribution >= 4 is 49.8 Å². The van der Waals surface area contributed by atoms with Gasteiger partial charge in [-0.25, -0.2) is 0 Å². The van der Waals surface area contributed by atoms with Crippen molar-refractivity contribution in [3.05, 3.63) is 60.2 Å². The summed E-state index contributed by atoms with van der Waals surface area (Å²) in [4.78, 5) is 12.9. The average molecular weight is 449 g/mol. The summed E-state index contributed by atoms with van der Waals surface area (Å²) in [7, 11) is -3.88. The third-order valence-corrected chi connectivity index (χ3v) is 7.42. The fraction of sp³-hybridized carbons (Fsp3) is 0.211. The number of nitrogens with one attached hydrogen (secondary N) is 2. The first-order valence-corrected chi connectivity index (χ1v) is 12.1. The van der Waals surface area contributed by atoms with E-state index in [0.29, 0.717) is 5.69 Å². The predicted octanol–water partition coefficient (Wildman–Crippen LogP) is 4.23. The molecular weight excluding hydrogens is 428 g/mol. The number of sulfonamides is 1. The molecule has 0 saturated carbocycles. The normalized spacial score (nSPS) is 11.4. The second kappa shape index (κ2) is 9.38. The van der Waals surface area contributed by atoms with Crippen molar-refractivity contribution in [2.45, 2.75) is 28.8 Å². The number of hydrogen-bond acceptors (Lipinski definition) is 7. The van der Waals surface area contributed by atoms with Crippen LogP contribution in [0.1, 0.15) is 19.4 Å². The minimum absolute atomic E-state index is 0.150. The van der Waals surface area contributed by atoms with Gasteiger partial charge in [-0.05, 0) is 29.8 Å². The molecule has 3 aromatic rings. The summed E-state index contributed by atoms with van der Waals surface area (Å²) in [6.45, 7) is 3.47. The molecule has 152 valence electrons. The number of hydrogen-bond donors (Lipinski definition) is 2. The van der Waals surface area contributed by atoms with E-state index in [2.05, 4.69) is 20.2 Å². The van der Waals surface area contributed by atoms with E-state index in [0.717, 1.165) is 22.7 Å². The standard InChI is InChI=1S/C19H20N4O3S3/c1-13(2)17(24)20-18-21-22-19(28-18)29(25,26)23-15-10-8-14(9-11-15)12-27-16-6-4-3-5-7-16/h3-11,13,23H,12H2,1-2H3,(H,20,21,24). The molecule has 0 fully saturated rings. The molecule has 0 unspecified atom stereocenters. The van der Waals surface area contributed by atoms with Gasteiger partial charge >= 0.3 is 0 Å². The quantitative estimate of drug-likeness (QED) is 0.395. The highest BCUT2D eigenvalue weighted by molar-refractivity contribution is 7.98. The van der Waals surface area contributed by atoms with E-state index >= 15 is 0 Å². The zero-order chi connectivity index (χ0) is 20.9. The Labute approximate surface area is 178 Å². The number of thioether (sulfide) groups is 1. The van der Waals surface area contributed by atoms with Crippen LogP contribution >= 0.6 is 23.1 Å². The maximum absolute atomic E-state index is 12.5. The molecule has 1 amide bonds. The van der Waals surface area contributed by atoms with Crippen LogP contribution in [0.15, 0.2) is 63.8 Å². The minimum Gasteiger partial charge on any atom is -0.300 e. The maximum atomic E-state index is 12.5. The van der Waals surface area contributed by atoms with E-state index in [1.54, 1.807) is 37.7 Å². The molecule has 2 aromatic carbocycles. The Morgan fingerprint density at radius 3 is 2.41 bits per heavy atom. The van der Waals surface area contributed by atoms with Crippen LogP contribution in [0.5, 0.6) is 0 Å². The SMILES string of the molecule is CC(C)C(=O)Nc1nnc(S(=O)(=O)Nc2ccc(CSc3ccccc3)cc2)s1. The third-order valence-electron chi connectivity index (χ3n) is 3.75. The van der Waals surface area contributed by atoms with Gasteiger partial charge in [0.2, 0.25) is 11.0 Å². The fourth-order valence-electron chi connectivity index (χ4n) is 2.17. The Hall–Kier alpha value is -2.43. The number of carbonyl (C=O) groups is 1. The summed E-state index contributed by atoms with van der Waals surface area (Å²) in [5.41, 5.74) is 1.51. The van der Waals surface area contributed by atoms with Crippen LogP contribution < -0.4 is 10.0 Å². The number of rotatable bonds is 8. The first-order chi connectivity index (χ1) is 13.8. The monoisotopic (exact) mass is 448 g/mol. The highest BCUT2D eigenvalue weighted by Gasteiger charge is 2.21. The van der Waals surface area contributed by atoms with Gasteiger partial charge in [0, 0.05) is 22.3 Å². The van der Waals surface area contributed by atoms with Crippen molar-refractivity contribution in [2.24, 2.45) is 5.92 Å². The van der Waals surface area contributed by atoms with E-state index in [-0.39, 0.29) is 21.3 Å². The van der Waals surface area contributed by atoms with Crippen LogP contribution in [0.4, 0.5) is 10.8 Å². The van der Waals surface area contributed by atoms with Crippen LogP contribution in [0, 0.1) is 5.92 Å². The summed E-state index contributed by atoms with van der Waals surface area (Å²) in [6, 6.07) is 17.2. The fourth-order valence-corrected chi connectivity index (χ4v) is 5.01. The van der Waals surface area contributed by atoms with Crippen LogP contribution in [0.2, 0.25) is 0 Å². The second-order valence-electron chi connectivity index (χ2n) is 6.42. The number of carbonyl (C=O) groups excluding carboxylic acids is 1. The molecule has 29 heavy (non-hydrogen) atoms. The lowest BCUT2D eigenvalue weighted by atomic mass is 10.2. The van der Waals surface area contributed by atoms with E-state index in [1.807, 2.05) is 42.5 Å². The molecule has 7 nitrogen and oxygen atoms in total. The summed E-state index contributed by atoms with van der Waals surface area (Å²) in [5, 5.41) is 10.1. The number of aromatic nitrogens is 2. The van der Waals surface area contributed by atoms with Gasteiger partial charge in [0.1, 0.15) is 0 Å². The zero-order valence-electron chi connectivity index (χ0n) is 15.8. The highest BCUT2D eigenvalue weighted by Crippen LogP contribution is 2.25. The van der Waals surface area contributed by atoms with Gasteiger partial charge < -0.3 is 5.32 Å². The smallest absolute Gasteiger partial charge is 0.291 e. The van der Waals surface area contributed by atoms with Crippen molar-refractivity contribution in [3.63, 3.8) is 0 Å². The Kier molecular flexibility index (Phi) is 6.88. The lowest BCUT2D eigenvalue weighted by Crippen LogP contribution is -2.17. The van der Waals surface area contributed by atoms with E-state index in [4.69, 9.17) is 0 Å². The van der Waals surface area contributed by atoms with Crippen molar-refractivity contribution in [1.82, 2.24) is 10.2 Å². The lowest BCUT2D eigenvalue weighted by Gasteiger charge is -2.07. The lowest BCUT2D eigenvalue weighted by molar-refractivity contribution is -0.118. The van der Waals surface area contributed by atoms with E-state index in [9.17, 15) is 13.2 Å². The molecule has 10 heteroatoms. The van der Waals surface area contributed by atoms with Gasteiger partial charge in [-0.1, -0.05) is 55.5 Å². The second-order valence-corrected chi connectivity index (χ2v) is 10.3. The van der Waals surface area contributed by atoms with Gasteiger partial charge in [0.15, 0.2) is 0 Å². The number of benzene rings is 2. The Morgan fingerprint density at radius 2 is 1.76 bits per heavy atom. The molecule has 3 rings (SSSR count). The maximum Gasteiger partial charge on any atom is 0.291 e. The van der Waals surface area contributed by atoms with Crippen LogP contribution in [-0.4, -0.2) is 24.5 Å². The first kappa shape index (κ1) is 21.3. The molecule has 0 saturated heterocycles. The van der Waals surface area contributed by atoms with Gasteiger partial charge in [-0.2, -0.15) is 8.42 Å². The largest absolute Gasteiger partial charge is 0.300 e. The summed E-state index contributed by atoms with van der Waals surface area (Å²) >= 11 is 2.51. The first-order valence-electron chi connectivity index (χ1n) is 8.77. The van der Waals surface area contributed by atoms with Gasteiger partial charge in [0.25, 0.3) is 14.4 Å². The van der Waals surface area contributed by atoms with Crippen molar-refractivity contribution in [3.8, 4) is 0 Å². The van der Waals surface area contributed by atoms with E-state index < -0.39 is 10.0 Å². The van der Waals surface area contributed by atoms with Gasteiger partial charge in [-0.3, -0.25) is 9.52 Å². The Morgan fingerprint density at radius 1 is 1.07 bits per heavy atom. The number of nitrogens with zero attached hydrogens (tertiary/aromatic N) is 2. The van der Waals surface area contributed by atoms with Crippen molar-refractivity contribution in [1.29, 1.82) is 0 Å². The molecule has 0 aliphatic carbocycles. The van der Waals surface area contributed by atoms with Crippen LogP contribution in [0.3, 0.4) is 0 Å². The molecule has 1 heterocycles. The van der Waals surface area contributed by atoms with Gasteiger partial charge in [-0.15, -0.1) is 22.0 Å². The predicted molar refractivity (Wildman–Crippen MR) is 117 cm³/mol. The number of anilines is 2. The van der Waals surface area contributed by atoms with Crippen LogP contribution in [-0.2, 0) is 20.6 Å². The minimum atomic E-state index is -3.88. The van der Waals surface area contributed by atoms with Crippen molar-refractivity contribution < 1.29 is 13.2 Å². The molecule has 0 atom stereocenters. The third kappa shape index (κ3) is 6.02. The van der Waals surface area contributed by atoms with E-state index in [1.165, 1.54) is 4.90 Å². The molecule has 2 N–H and O–H groups in total. The summed E-state index contributed by atoms with van der Waals surface area (Å²) < 4.78 is 27.3. The summed E-state index contributed by atoms with van der Waals surface area (Å²) in [5.74, 6) is 0.296. The molecule has 0 radical (unpaired) electrons. The Balaban J connectivity index is 1.61. The summed E-state index contributed by atoms with van der Waals surface area (Å²) in [6.07, 6.45) is 0. The molecule has 1 aromatic heterocycles.